The predicted molar refractivity (Wildman–Crippen MR) is 93.9 cm³/mol. The van der Waals surface area contributed by atoms with Crippen LogP contribution in [0.3, 0.4) is 0 Å². The fourth-order valence-corrected chi connectivity index (χ4v) is 2.38. The third-order valence-corrected chi connectivity index (χ3v) is 3.58. The third-order valence-electron chi connectivity index (χ3n) is 3.58. The topological polar surface area (TPSA) is 89.5 Å². The van der Waals surface area contributed by atoms with E-state index in [9.17, 15) is 19.2 Å². The molecule has 1 aromatic rings. The lowest BCUT2D eigenvalue weighted by atomic mass is 10.1. The fraction of sp³-hybridized carbons (Fsp3) is 0.474. The van der Waals surface area contributed by atoms with Crippen LogP contribution in [0.1, 0.15) is 73.1 Å². The van der Waals surface area contributed by atoms with Crippen molar-refractivity contribution in [3.8, 4) is 5.75 Å². The quantitative estimate of drug-likeness (QED) is 0.287. The van der Waals surface area contributed by atoms with E-state index in [2.05, 4.69) is 5.32 Å². The second kappa shape index (κ2) is 11.1. The number of carbonyl (C=O) groups excluding carboxylic acids is 4. The number of unbranched alkanes of at least 4 members (excludes halogenated alkanes) is 4. The molecule has 1 rings (SSSR count). The van der Waals surface area contributed by atoms with Gasteiger partial charge in [-0.05, 0) is 38.0 Å². The van der Waals surface area contributed by atoms with Crippen LogP contribution < -0.4 is 10.1 Å². The number of nitrogens with one attached hydrogen (secondary N) is 1. The molecule has 0 atom stereocenters. The van der Waals surface area contributed by atoms with Gasteiger partial charge >= 0.3 is 5.97 Å². The van der Waals surface area contributed by atoms with Crippen molar-refractivity contribution in [3.05, 3.63) is 29.3 Å². The molecule has 0 spiro atoms. The highest BCUT2D eigenvalue weighted by Gasteiger charge is 2.10. The molecule has 0 saturated heterocycles. The molecule has 0 radical (unpaired) electrons. The number of ether oxygens (including phenoxy) is 1. The van der Waals surface area contributed by atoms with Crippen LogP contribution in [-0.2, 0) is 9.59 Å². The second-order valence-corrected chi connectivity index (χ2v) is 5.98. The molecule has 6 heteroatoms. The van der Waals surface area contributed by atoms with E-state index in [-0.39, 0.29) is 28.6 Å². The van der Waals surface area contributed by atoms with Gasteiger partial charge in [0.1, 0.15) is 17.8 Å². The molecular weight excluding hydrogens is 322 g/mol. The molecule has 136 valence electrons. The largest absolute Gasteiger partial charge is 0.427 e. The van der Waals surface area contributed by atoms with E-state index in [1.807, 2.05) is 0 Å². The number of amides is 1. The monoisotopic (exact) mass is 347 g/mol. The summed E-state index contributed by atoms with van der Waals surface area (Å²) in [7, 11) is 0. The summed E-state index contributed by atoms with van der Waals surface area (Å²) in [6, 6.07) is 4.30. The highest BCUT2D eigenvalue weighted by atomic mass is 16.5. The first kappa shape index (κ1) is 20.5. The van der Waals surface area contributed by atoms with Crippen LogP contribution in [0.2, 0.25) is 0 Å². The Morgan fingerprint density at radius 1 is 1.00 bits per heavy atom. The minimum atomic E-state index is -0.515. The van der Waals surface area contributed by atoms with Crippen LogP contribution in [0.4, 0.5) is 0 Å². The van der Waals surface area contributed by atoms with Gasteiger partial charge in [0.25, 0.3) is 5.91 Å². The van der Waals surface area contributed by atoms with E-state index in [1.165, 1.54) is 25.1 Å². The predicted octanol–water partition coefficient (Wildman–Crippen LogP) is 3.08. The van der Waals surface area contributed by atoms with Crippen LogP contribution >= 0.6 is 0 Å². The van der Waals surface area contributed by atoms with Gasteiger partial charge in [-0.25, -0.2) is 0 Å². The number of benzene rings is 1. The van der Waals surface area contributed by atoms with Crippen molar-refractivity contribution in [3.63, 3.8) is 0 Å². The maximum absolute atomic E-state index is 12.2. The zero-order valence-electron chi connectivity index (χ0n) is 14.8. The second-order valence-electron chi connectivity index (χ2n) is 5.98. The van der Waals surface area contributed by atoms with E-state index in [0.29, 0.717) is 19.3 Å². The summed E-state index contributed by atoms with van der Waals surface area (Å²) in [6.45, 7) is 3.38. The Labute approximate surface area is 147 Å². The van der Waals surface area contributed by atoms with Gasteiger partial charge in [-0.15, -0.1) is 0 Å². The minimum absolute atomic E-state index is 0.174. The number of hydrogen-bond donors (Lipinski definition) is 1. The first-order valence-corrected chi connectivity index (χ1v) is 8.48. The number of aldehydes is 1. The van der Waals surface area contributed by atoms with Crippen molar-refractivity contribution in [1.82, 2.24) is 5.32 Å². The van der Waals surface area contributed by atoms with Gasteiger partial charge in [0.15, 0.2) is 0 Å². The molecule has 0 aliphatic carbocycles. The molecule has 0 heterocycles. The van der Waals surface area contributed by atoms with E-state index in [0.717, 1.165) is 32.1 Å². The minimum Gasteiger partial charge on any atom is -0.427 e. The number of rotatable bonds is 11. The Kier molecular flexibility index (Phi) is 9.14. The normalized spacial score (nSPS) is 10.2. The number of hydrogen-bond acceptors (Lipinski definition) is 5. The third kappa shape index (κ3) is 8.79. The van der Waals surface area contributed by atoms with E-state index in [4.69, 9.17) is 4.74 Å². The Morgan fingerprint density at radius 2 is 1.68 bits per heavy atom. The van der Waals surface area contributed by atoms with Crippen molar-refractivity contribution in [2.24, 2.45) is 0 Å². The highest BCUT2D eigenvalue weighted by molar-refractivity contribution is 5.96. The van der Waals surface area contributed by atoms with E-state index >= 15 is 0 Å². The number of carbonyl (C=O) groups is 4. The van der Waals surface area contributed by atoms with Gasteiger partial charge in [-0.3, -0.25) is 14.4 Å². The summed E-state index contributed by atoms with van der Waals surface area (Å²) in [4.78, 5) is 45.0. The number of Topliss-reactive ketones (excluding diaryl/α,β-unsaturated/α-hetero) is 1. The van der Waals surface area contributed by atoms with E-state index < -0.39 is 5.97 Å². The van der Waals surface area contributed by atoms with Gasteiger partial charge in [-0.2, -0.15) is 0 Å². The van der Waals surface area contributed by atoms with E-state index in [1.54, 1.807) is 6.92 Å². The molecule has 0 fully saturated rings. The molecule has 0 aliphatic heterocycles. The first-order chi connectivity index (χ1) is 11.9. The van der Waals surface area contributed by atoms with Crippen LogP contribution in [0.25, 0.3) is 0 Å². The molecule has 0 aliphatic rings. The molecule has 0 saturated carbocycles. The SMILES string of the molecule is CC(=O)CCCCCCCNC(=O)c1cc(C=O)cc(OC(C)=O)c1. The Hall–Kier alpha value is -2.50. The van der Waals surface area contributed by atoms with Crippen molar-refractivity contribution in [2.75, 3.05) is 6.54 Å². The van der Waals surface area contributed by atoms with Crippen LogP contribution in [0.15, 0.2) is 18.2 Å². The smallest absolute Gasteiger partial charge is 0.308 e. The van der Waals surface area contributed by atoms with Gasteiger partial charge in [0.2, 0.25) is 0 Å². The Bertz CT molecular complexity index is 624. The summed E-state index contributed by atoms with van der Waals surface area (Å²) >= 11 is 0. The lowest BCUT2D eigenvalue weighted by molar-refractivity contribution is -0.131. The van der Waals surface area contributed by atoms with Crippen molar-refractivity contribution < 1.29 is 23.9 Å². The maximum atomic E-state index is 12.2. The molecule has 6 nitrogen and oxygen atoms in total. The standard InChI is InChI=1S/C19H25NO5/c1-14(22)8-6-4-3-5-7-9-20-19(24)17-10-16(13-21)11-18(12-17)25-15(2)23/h10-13H,3-9H2,1-2H3,(H,20,24). The van der Waals surface area contributed by atoms with Crippen LogP contribution in [-0.4, -0.2) is 30.5 Å². The summed E-state index contributed by atoms with van der Waals surface area (Å²) < 4.78 is 4.94. The zero-order valence-corrected chi connectivity index (χ0v) is 14.8. The van der Waals surface area contributed by atoms with Crippen molar-refractivity contribution in [2.45, 2.75) is 52.4 Å². The maximum Gasteiger partial charge on any atom is 0.308 e. The molecule has 25 heavy (non-hydrogen) atoms. The summed E-state index contributed by atoms with van der Waals surface area (Å²) in [5.74, 6) is -0.432. The van der Waals surface area contributed by atoms with Crippen molar-refractivity contribution >= 4 is 23.9 Å². The Balaban J connectivity index is 2.40. The molecule has 1 amide bonds. The number of ketones is 1. The van der Waals surface area contributed by atoms with Gasteiger partial charge in [0.05, 0.1) is 0 Å². The van der Waals surface area contributed by atoms with Gasteiger partial charge in [0, 0.05) is 31.0 Å². The molecule has 1 aromatic carbocycles. The molecule has 0 bridgehead atoms. The summed E-state index contributed by atoms with van der Waals surface area (Å²) in [6.07, 6.45) is 6.01. The zero-order chi connectivity index (χ0) is 18.7. The number of esters is 1. The van der Waals surface area contributed by atoms with Gasteiger partial charge < -0.3 is 14.8 Å². The average Bonchev–Trinajstić information content (AvgIpc) is 2.55. The lowest BCUT2D eigenvalue weighted by Gasteiger charge is -2.08. The van der Waals surface area contributed by atoms with Crippen LogP contribution in [0.5, 0.6) is 5.75 Å². The van der Waals surface area contributed by atoms with Crippen molar-refractivity contribution in [1.29, 1.82) is 0 Å². The lowest BCUT2D eigenvalue weighted by Crippen LogP contribution is -2.24. The van der Waals surface area contributed by atoms with Crippen LogP contribution in [0, 0.1) is 0 Å². The first-order valence-electron chi connectivity index (χ1n) is 8.48. The summed E-state index contributed by atoms with van der Waals surface area (Å²) in [5.41, 5.74) is 0.552. The Morgan fingerprint density at radius 3 is 2.32 bits per heavy atom. The average molecular weight is 347 g/mol. The summed E-state index contributed by atoms with van der Waals surface area (Å²) in [5, 5.41) is 2.79. The molecule has 0 aromatic heterocycles. The molecule has 0 unspecified atom stereocenters. The molecule has 1 N–H and O–H groups in total. The highest BCUT2D eigenvalue weighted by Crippen LogP contribution is 2.17. The van der Waals surface area contributed by atoms with Gasteiger partial charge in [-0.1, -0.05) is 19.3 Å². The molecular formula is C19H25NO5. The fourth-order valence-electron chi connectivity index (χ4n) is 2.38.